The van der Waals surface area contributed by atoms with Gasteiger partial charge in [0.2, 0.25) is 5.91 Å². The lowest BCUT2D eigenvalue weighted by Gasteiger charge is -2.25. The van der Waals surface area contributed by atoms with Crippen LogP contribution in [0.2, 0.25) is 0 Å². The van der Waals surface area contributed by atoms with Crippen molar-refractivity contribution in [3.8, 4) is 5.75 Å². The number of pyridine rings is 1. The maximum absolute atomic E-state index is 12.0. The van der Waals surface area contributed by atoms with Gasteiger partial charge in [0.15, 0.2) is 0 Å². The van der Waals surface area contributed by atoms with E-state index in [1.807, 2.05) is 62.4 Å². The van der Waals surface area contributed by atoms with Crippen LogP contribution < -0.4 is 10.1 Å². The van der Waals surface area contributed by atoms with E-state index < -0.39 is 5.54 Å². The minimum Gasteiger partial charge on any atom is -0.493 e. The number of benzene rings is 1. The van der Waals surface area contributed by atoms with Crippen molar-refractivity contribution in [2.75, 3.05) is 6.61 Å². The molecule has 2 aromatic rings. The number of carbonyl (C=O) groups excluding carboxylic acids is 1. The molecule has 0 aliphatic heterocycles. The summed E-state index contributed by atoms with van der Waals surface area (Å²) in [5.74, 6) is 0.718. The SMILES string of the molecule is CC(C)(NC(=O)CCOc1ccccc1)c1ccccn1. The highest BCUT2D eigenvalue weighted by molar-refractivity contribution is 5.77. The maximum atomic E-state index is 12.0. The van der Waals surface area contributed by atoms with Gasteiger partial charge in [0, 0.05) is 6.20 Å². The van der Waals surface area contributed by atoms with Gasteiger partial charge in [-0.1, -0.05) is 24.3 Å². The molecule has 0 atom stereocenters. The van der Waals surface area contributed by atoms with Crippen LogP contribution in [-0.2, 0) is 10.3 Å². The Morgan fingerprint density at radius 2 is 1.86 bits per heavy atom. The second-order valence-corrected chi connectivity index (χ2v) is 5.30. The van der Waals surface area contributed by atoms with Crippen LogP contribution in [0.25, 0.3) is 0 Å². The quantitative estimate of drug-likeness (QED) is 0.887. The molecule has 0 saturated carbocycles. The lowest BCUT2D eigenvalue weighted by Crippen LogP contribution is -2.42. The maximum Gasteiger partial charge on any atom is 0.224 e. The molecule has 1 N–H and O–H groups in total. The van der Waals surface area contributed by atoms with Gasteiger partial charge in [-0.05, 0) is 38.1 Å². The zero-order valence-corrected chi connectivity index (χ0v) is 12.4. The summed E-state index contributed by atoms with van der Waals surface area (Å²) in [5, 5.41) is 2.98. The largest absolute Gasteiger partial charge is 0.493 e. The van der Waals surface area contributed by atoms with Crippen molar-refractivity contribution in [1.29, 1.82) is 0 Å². The van der Waals surface area contributed by atoms with E-state index in [-0.39, 0.29) is 5.91 Å². The molecule has 0 saturated heterocycles. The molecule has 0 spiro atoms. The molecule has 2 rings (SSSR count). The molecular weight excluding hydrogens is 264 g/mol. The van der Waals surface area contributed by atoms with Crippen LogP contribution >= 0.6 is 0 Å². The van der Waals surface area contributed by atoms with Gasteiger partial charge in [-0.2, -0.15) is 0 Å². The van der Waals surface area contributed by atoms with E-state index in [2.05, 4.69) is 10.3 Å². The number of hydrogen-bond donors (Lipinski definition) is 1. The Kier molecular flexibility index (Phi) is 4.93. The lowest BCUT2D eigenvalue weighted by atomic mass is 9.99. The molecule has 0 unspecified atom stereocenters. The van der Waals surface area contributed by atoms with Gasteiger partial charge >= 0.3 is 0 Å². The Balaban J connectivity index is 1.82. The monoisotopic (exact) mass is 284 g/mol. The van der Waals surface area contributed by atoms with Crippen molar-refractivity contribution in [2.24, 2.45) is 0 Å². The summed E-state index contributed by atoms with van der Waals surface area (Å²) in [6.45, 7) is 4.23. The minimum atomic E-state index is -0.495. The summed E-state index contributed by atoms with van der Waals surface area (Å²) < 4.78 is 5.52. The number of carbonyl (C=O) groups is 1. The molecule has 1 aromatic heterocycles. The summed E-state index contributed by atoms with van der Waals surface area (Å²) in [6, 6.07) is 15.1. The van der Waals surface area contributed by atoms with Crippen LogP contribution in [-0.4, -0.2) is 17.5 Å². The summed E-state index contributed by atoms with van der Waals surface area (Å²) >= 11 is 0. The molecule has 110 valence electrons. The molecular formula is C17H20N2O2. The summed E-state index contributed by atoms with van der Waals surface area (Å²) in [7, 11) is 0. The van der Waals surface area contributed by atoms with Crippen molar-refractivity contribution < 1.29 is 9.53 Å². The van der Waals surface area contributed by atoms with Gasteiger partial charge in [-0.25, -0.2) is 0 Å². The highest BCUT2D eigenvalue weighted by Gasteiger charge is 2.23. The minimum absolute atomic E-state index is 0.0541. The molecule has 0 aliphatic rings. The van der Waals surface area contributed by atoms with Gasteiger partial charge in [0.1, 0.15) is 5.75 Å². The Bertz CT molecular complexity index is 568. The number of rotatable bonds is 6. The van der Waals surface area contributed by atoms with Gasteiger partial charge in [0.25, 0.3) is 0 Å². The number of aromatic nitrogens is 1. The van der Waals surface area contributed by atoms with E-state index in [9.17, 15) is 4.79 Å². The van der Waals surface area contributed by atoms with E-state index in [1.54, 1.807) is 6.20 Å². The van der Waals surface area contributed by atoms with E-state index in [1.165, 1.54) is 0 Å². The number of nitrogens with one attached hydrogen (secondary N) is 1. The summed E-state index contributed by atoms with van der Waals surface area (Å²) in [6.07, 6.45) is 2.03. The van der Waals surface area contributed by atoms with Gasteiger partial charge in [0.05, 0.1) is 24.3 Å². The summed E-state index contributed by atoms with van der Waals surface area (Å²) in [4.78, 5) is 16.3. The standard InChI is InChI=1S/C17H20N2O2/c1-17(2,15-10-6-7-12-18-15)19-16(20)11-13-21-14-8-4-3-5-9-14/h3-10,12H,11,13H2,1-2H3,(H,19,20). The first kappa shape index (κ1) is 15.0. The van der Waals surface area contributed by atoms with Crippen molar-refractivity contribution in [3.05, 3.63) is 60.4 Å². The number of ether oxygens (including phenoxy) is 1. The predicted molar refractivity (Wildman–Crippen MR) is 82.0 cm³/mol. The first-order valence-electron chi connectivity index (χ1n) is 6.98. The van der Waals surface area contributed by atoms with E-state index >= 15 is 0 Å². The van der Waals surface area contributed by atoms with Crippen molar-refractivity contribution in [1.82, 2.24) is 10.3 Å². The fraction of sp³-hybridized carbons (Fsp3) is 0.294. The van der Waals surface area contributed by atoms with Crippen LogP contribution in [0, 0.1) is 0 Å². The number of nitrogens with zero attached hydrogens (tertiary/aromatic N) is 1. The number of amides is 1. The number of para-hydroxylation sites is 1. The van der Waals surface area contributed by atoms with Crippen LogP contribution in [0.4, 0.5) is 0 Å². The van der Waals surface area contributed by atoms with Gasteiger partial charge in [-0.15, -0.1) is 0 Å². The van der Waals surface area contributed by atoms with Crippen LogP contribution in [0.1, 0.15) is 26.0 Å². The first-order chi connectivity index (χ1) is 10.1. The summed E-state index contributed by atoms with van der Waals surface area (Å²) in [5.41, 5.74) is 0.341. The van der Waals surface area contributed by atoms with Crippen molar-refractivity contribution >= 4 is 5.91 Å². The van der Waals surface area contributed by atoms with E-state index in [4.69, 9.17) is 4.74 Å². The van der Waals surface area contributed by atoms with Crippen molar-refractivity contribution in [3.63, 3.8) is 0 Å². The third kappa shape index (κ3) is 4.60. The third-order valence-corrected chi connectivity index (χ3v) is 3.10. The lowest BCUT2D eigenvalue weighted by molar-refractivity contribution is -0.123. The zero-order valence-electron chi connectivity index (χ0n) is 12.4. The third-order valence-electron chi connectivity index (χ3n) is 3.10. The Labute approximate surface area is 125 Å². The fourth-order valence-electron chi connectivity index (χ4n) is 1.99. The van der Waals surface area contributed by atoms with Crippen LogP contribution in [0.5, 0.6) is 5.75 Å². The van der Waals surface area contributed by atoms with E-state index in [0.717, 1.165) is 11.4 Å². The smallest absolute Gasteiger partial charge is 0.224 e. The molecule has 0 fully saturated rings. The molecule has 21 heavy (non-hydrogen) atoms. The van der Waals surface area contributed by atoms with Crippen molar-refractivity contribution in [2.45, 2.75) is 25.8 Å². The van der Waals surface area contributed by atoms with Crippen LogP contribution in [0.3, 0.4) is 0 Å². The molecule has 0 aliphatic carbocycles. The van der Waals surface area contributed by atoms with E-state index in [0.29, 0.717) is 13.0 Å². The molecule has 1 amide bonds. The average molecular weight is 284 g/mol. The molecule has 1 heterocycles. The molecule has 0 bridgehead atoms. The van der Waals surface area contributed by atoms with Gasteiger partial charge in [-0.3, -0.25) is 9.78 Å². The Morgan fingerprint density at radius 3 is 2.52 bits per heavy atom. The highest BCUT2D eigenvalue weighted by Crippen LogP contribution is 2.17. The first-order valence-corrected chi connectivity index (χ1v) is 6.98. The number of hydrogen-bond acceptors (Lipinski definition) is 3. The topological polar surface area (TPSA) is 51.2 Å². The molecule has 0 radical (unpaired) electrons. The molecule has 4 nitrogen and oxygen atoms in total. The highest BCUT2D eigenvalue weighted by atomic mass is 16.5. The zero-order chi connectivity index (χ0) is 15.1. The van der Waals surface area contributed by atoms with Crippen LogP contribution in [0.15, 0.2) is 54.7 Å². The Hall–Kier alpha value is -2.36. The second-order valence-electron chi connectivity index (χ2n) is 5.30. The Morgan fingerprint density at radius 1 is 1.14 bits per heavy atom. The fourth-order valence-corrected chi connectivity index (χ4v) is 1.99. The average Bonchev–Trinajstić information content (AvgIpc) is 2.49. The molecule has 4 heteroatoms. The normalized spacial score (nSPS) is 11.0. The predicted octanol–water partition coefficient (Wildman–Crippen LogP) is 2.90. The second kappa shape index (κ2) is 6.88. The molecule has 1 aromatic carbocycles. The van der Waals surface area contributed by atoms with Gasteiger partial charge < -0.3 is 10.1 Å².